The highest BCUT2D eigenvalue weighted by Gasteiger charge is 2.34. The molecule has 0 aliphatic heterocycles. The first-order chi connectivity index (χ1) is 8.46. The lowest BCUT2D eigenvalue weighted by Gasteiger charge is -2.41. The molecule has 2 saturated carbocycles. The molecule has 2 rings (SSSR count). The van der Waals surface area contributed by atoms with Crippen molar-refractivity contribution in [3.8, 4) is 0 Å². The van der Waals surface area contributed by atoms with Gasteiger partial charge >= 0.3 is 0 Å². The quantitative estimate of drug-likeness (QED) is 0.766. The zero-order valence-electron chi connectivity index (χ0n) is 12.6. The first-order valence-electron chi connectivity index (χ1n) is 8.14. The number of fused-ring (bicyclic) bond motifs is 1. The molecule has 0 aromatic heterocycles. The fourth-order valence-corrected chi connectivity index (χ4v) is 4.08. The summed E-state index contributed by atoms with van der Waals surface area (Å²) in [4.78, 5) is 0. The van der Waals surface area contributed by atoms with Gasteiger partial charge in [-0.2, -0.15) is 0 Å². The molecule has 0 amide bonds. The van der Waals surface area contributed by atoms with E-state index in [-0.39, 0.29) is 6.10 Å². The summed E-state index contributed by atoms with van der Waals surface area (Å²) in [6.07, 6.45) is 11.9. The van der Waals surface area contributed by atoms with Crippen molar-refractivity contribution in [1.82, 2.24) is 0 Å². The van der Waals surface area contributed by atoms with Crippen LogP contribution in [0.3, 0.4) is 0 Å². The molecule has 0 aromatic rings. The maximum Gasteiger partial charge on any atom is 0.0568 e. The standard InChI is InChI=1S/C17H32O/c1-17(2,3)11-10-16(18)15-9-8-13-6-4-5-7-14(13)12-15/h13-16,18H,4-12H2,1-3H3. The van der Waals surface area contributed by atoms with Gasteiger partial charge in [0.25, 0.3) is 0 Å². The fraction of sp³-hybridized carbons (Fsp3) is 1.00. The average molecular weight is 252 g/mol. The van der Waals surface area contributed by atoms with Crippen LogP contribution in [-0.4, -0.2) is 11.2 Å². The van der Waals surface area contributed by atoms with Crippen LogP contribution in [0, 0.1) is 23.2 Å². The minimum absolute atomic E-state index is 0.0351. The molecule has 1 nitrogen and oxygen atoms in total. The van der Waals surface area contributed by atoms with Crippen molar-refractivity contribution in [1.29, 1.82) is 0 Å². The SMILES string of the molecule is CC(C)(C)CCC(O)C1CCC2CCCCC2C1. The Balaban J connectivity index is 1.79. The van der Waals surface area contributed by atoms with Gasteiger partial charge in [0.15, 0.2) is 0 Å². The Labute approximate surface area is 113 Å². The maximum absolute atomic E-state index is 10.4. The van der Waals surface area contributed by atoms with Crippen LogP contribution >= 0.6 is 0 Å². The molecule has 1 N–H and O–H groups in total. The van der Waals surface area contributed by atoms with Gasteiger partial charge in [0.05, 0.1) is 6.10 Å². The molecule has 1 heteroatoms. The minimum Gasteiger partial charge on any atom is -0.393 e. The summed E-state index contributed by atoms with van der Waals surface area (Å²) in [6.45, 7) is 6.83. The highest BCUT2D eigenvalue weighted by atomic mass is 16.3. The van der Waals surface area contributed by atoms with E-state index in [4.69, 9.17) is 0 Å². The molecule has 2 fully saturated rings. The molecule has 2 aliphatic carbocycles. The zero-order valence-corrected chi connectivity index (χ0v) is 12.6. The van der Waals surface area contributed by atoms with Crippen molar-refractivity contribution < 1.29 is 5.11 Å². The minimum atomic E-state index is -0.0351. The van der Waals surface area contributed by atoms with Crippen LogP contribution in [0.15, 0.2) is 0 Å². The summed E-state index contributed by atoms with van der Waals surface area (Å²) >= 11 is 0. The third-order valence-electron chi connectivity index (χ3n) is 5.31. The molecule has 0 spiro atoms. The third-order valence-corrected chi connectivity index (χ3v) is 5.31. The molecule has 2 aliphatic rings. The van der Waals surface area contributed by atoms with E-state index < -0.39 is 0 Å². The zero-order chi connectivity index (χ0) is 13.2. The van der Waals surface area contributed by atoms with Crippen LogP contribution in [0.1, 0.15) is 78.6 Å². The van der Waals surface area contributed by atoms with Crippen LogP contribution in [-0.2, 0) is 0 Å². The van der Waals surface area contributed by atoms with Crippen molar-refractivity contribution >= 4 is 0 Å². The van der Waals surface area contributed by atoms with Crippen molar-refractivity contribution in [2.75, 3.05) is 0 Å². The van der Waals surface area contributed by atoms with Crippen molar-refractivity contribution in [2.24, 2.45) is 23.2 Å². The van der Waals surface area contributed by atoms with Gasteiger partial charge < -0.3 is 5.11 Å². The molecule has 4 atom stereocenters. The molecule has 18 heavy (non-hydrogen) atoms. The van der Waals surface area contributed by atoms with Gasteiger partial charge in [0, 0.05) is 0 Å². The lowest BCUT2D eigenvalue weighted by molar-refractivity contribution is 0.0253. The van der Waals surface area contributed by atoms with Gasteiger partial charge in [-0.1, -0.05) is 46.5 Å². The van der Waals surface area contributed by atoms with Gasteiger partial charge in [-0.15, -0.1) is 0 Å². The molecule has 0 heterocycles. The second-order valence-corrected chi connectivity index (χ2v) is 8.04. The molecule has 106 valence electrons. The van der Waals surface area contributed by atoms with Crippen LogP contribution in [0.4, 0.5) is 0 Å². The summed E-state index contributed by atoms with van der Waals surface area (Å²) in [6, 6.07) is 0. The molecule has 0 aromatic carbocycles. The molecule has 0 bridgehead atoms. The van der Waals surface area contributed by atoms with Gasteiger partial charge in [0.2, 0.25) is 0 Å². The highest BCUT2D eigenvalue weighted by molar-refractivity contribution is 4.86. The number of aliphatic hydroxyl groups excluding tert-OH is 1. The summed E-state index contributed by atoms with van der Waals surface area (Å²) in [5, 5.41) is 10.4. The van der Waals surface area contributed by atoms with E-state index in [2.05, 4.69) is 20.8 Å². The van der Waals surface area contributed by atoms with E-state index in [0.29, 0.717) is 11.3 Å². The van der Waals surface area contributed by atoms with Crippen LogP contribution in [0.2, 0.25) is 0 Å². The van der Waals surface area contributed by atoms with Crippen molar-refractivity contribution in [2.45, 2.75) is 84.7 Å². The third kappa shape index (κ3) is 3.98. The number of rotatable bonds is 3. The fourth-order valence-electron chi connectivity index (χ4n) is 4.08. The van der Waals surface area contributed by atoms with Crippen LogP contribution in [0.25, 0.3) is 0 Å². The number of hydrogen-bond acceptors (Lipinski definition) is 1. The molecule has 0 radical (unpaired) electrons. The largest absolute Gasteiger partial charge is 0.393 e. The van der Waals surface area contributed by atoms with E-state index in [9.17, 15) is 5.11 Å². The molecular formula is C17H32O. The van der Waals surface area contributed by atoms with E-state index in [0.717, 1.165) is 24.7 Å². The Bertz CT molecular complexity index is 253. The smallest absolute Gasteiger partial charge is 0.0568 e. The molecule has 4 unspecified atom stereocenters. The molecule has 0 saturated heterocycles. The van der Waals surface area contributed by atoms with Gasteiger partial charge in [-0.3, -0.25) is 0 Å². The summed E-state index contributed by atoms with van der Waals surface area (Å²) in [7, 11) is 0. The van der Waals surface area contributed by atoms with Gasteiger partial charge in [-0.25, -0.2) is 0 Å². The van der Waals surface area contributed by atoms with Crippen molar-refractivity contribution in [3.05, 3.63) is 0 Å². The van der Waals surface area contributed by atoms with E-state index in [1.54, 1.807) is 0 Å². The lowest BCUT2D eigenvalue weighted by Crippen LogP contribution is -2.33. The predicted molar refractivity (Wildman–Crippen MR) is 77.5 cm³/mol. The Morgan fingerprint density at radius 1 is 1.00 bits per heavy atom. The van der Waals surface area contributed by atoms with Crippen LogP contribution < -0.4 is 0 Å². The second-order valence-electron chi connectivity index (χ2n) is 8.04. The monoisotopic (exact) mass is 252 g/mol. The first kappa shape index (κ1) is 14.4. The Morgan fingerprint density at radius 3 is 2.33 bits per heavy atom. The van der Waals surface area contributed by atoms with E-state index in [1.807, 2.05) is 0 Å². The summed E-state index contributed by atoms with van der Waals surface area (Å²) in [5.74, 6) is 2.55. The first-order valence-corrected chi connectivity index (χ1v) is 8.14. The average Bonchev–Trinajstić information content (AvgIpc) is 2.34. The predicted octanol–water partition coefficient (Wildman–Crippen LogP) is 4.78. The van der Waals surface area contributed by atoms with Gasteiger partial charge in [-0.05, 0) is 55.3 Å². The Morgan fingerprint density at radius 2 is 1.67 bits per heavy atom. The van der Waals surface area contributed by atoms with E-state index >= 15 is 0 Å². The maximum atomic E-state index is 10.4. The van der Waals surface area contributed by atoms with Crippen LogP contribution in [0.5, 0.6) is 0 Å². The van der Waals surface area contributed by atoms with Crippen molar-refractivity contribution in [3.63, 3.8) is 0 Å². The normalized spacial score (nSPS) is 35.0. The lowest BCUT2D eigenvalue weighted by atomic mass is 9.66. The van der Waals surface area contributed by atoms with Gasteiger partial charge in [0.1, 0.15) is 0 Å². The molecular weight excluding hydrogens is 220 g/mol. The summed E-state index contributed by atoms with van der Waals surface area (Å²) < 4.78 is 0. The second kappa shape index (κ2) is 5.94. The summed E-state index contributed by atoms with van der Waals surface area (Å²) in [5.41, 5.74) is 0.364. The topological polar surface area (TPSA) is 20.2 Å². The van der Waals surface area contributed by atoms with E-state index in [1.165, 1.54) is 44.9 Å². The Hall–Kier alpha value is -0.0400. The Kier molecular flexibility index (Phi) is 4.75. The number of aliphatic hydroxyl groups is 1. The number of hydrogen-bond donors (Lipinski definition) is 1. The highest BCUT2D eigenvalue weighted by Crippen LogP contribution is 2.44.